The van der Waals surface area contributed by atoms with Crippen molar-refractivity contribution in [2.24, 2.45) is 17.6 Å². The lowest BCUT2D eigenvalue weighted by atomic mass is 9.87. The summed E-state index contributed by atoms with van der Waals surface area (Å²) in [5.41, 5.74) is 5.76. The smallest absolute Gasteiger partial charge is 0.324 e. The Morgan fingerprint density at radius 3 is 2.78 bits per heavy atom. The minimum atomic E-state index is -0.263. The summed E-state index contributed by atoms with van der Waals surface area (Å²) in [5, 5.41) is 2.53. The van der Waals surface area contributed by atoms with Gasteiger partial charge in [0.1, 0.15) is 0 Å². The highest BCUT2D eigenvalue weighted by Crippen LogP contribution is 2.21. The molecule has 2 atom stereocenters. The SMILES string of the molecule is CC1CCN(CCN2C(=O)CNC2=O)CC1CN. The molecule has 2 heterocycles. The number of piperidine rings is 1. The molecule has 6 nitrogen and oxygen atoms in total. The first-order chi connectivity index (χ1) is 8.61. The van der Waals surface area contributed by atoms with Crippen LogP contribution >= 0.6 is 0 Å². The fraction of sp³-hybridized carbons (Fsp3) is 0.833. The maximum Gasteiger partial charge on any atom is 0.324 e. The van der Waals surface area contributed by atoms with Gasteiger partial charge in [0.05, 0.1) is 6.54 Å². The van der Waals surface area contributed by atoms with Gasteiger partial charge in [-0.05, 0) is 31.3 Å². The fourth-order valence-corrected chi connectivity index (χ4v) is 2.66. The molecular formula is C12H22N4O2. The van der Waals surface area contributed by atoms with Crippen LogP contribution in [0.4, 0.5) is 4.79 Å². The molecule has 0 aromatic rings. The van der Waals surface area contributed by atoms with Crippen LogP contribution in [0.25, 0.3) is 0 Å². The molecule has 3 amide bonds. The maximum absolute atomic E-state index is 11.4. The number of nitrogens with zero attached hydrogens (tertiary/aromatic N) is 2. The van der Waals surface area contributed by atoms with Crippen molar-refractivity contribution in [3.8, 4) is 0 Å². The Morgan fingerprint density at radius 1 is 1.39 bits per heavy atom. The molecule has 0 bridgehead atoms. The van der Waals surface area contributed by atoms with Crippen molar-refractivity contribution < 1.29 is 9.59 Å². The van der Waals surface area contributed by atoms with Crippen molar-refractivity contribution in [3.05, 3.63) is 0 Å². The summed E-state index contributed by atoms with van der Waals surface area (Å²) >= 11 is 0. The van der Waals surface area contributed by atoms with E-state index in [2.05, 4.69) is 17.1 Å². The van der Waals surface area contributed by atoms with Crippen LogP contribution in [0.15, 0.2) is 0 Å². The van der Waals surface area contributed by atoms with Crippen molar-refractivity contribution >= 4 is 11.9 Å². The summed E-state index contributed by atoms with van der Waals surface area (Å²) in [4.78, 5) is 26.4. The molecule has 18 heavy (non-hydrogen) atoms. The van der Waals surface area contributed by atoms with Crippen LogP contribution in [-0.4, -0.2) is 61.0 Å². The normalized spacial score (nSPS) is 29.8. The van der Waals surface area contributed by atoms with E-state index in [4.69, 9.17) is 5.73 Å². The van der Waals surface area contributed by atoms with Crippen LogP contribution in [0.1, 0.15) is 13.3 Å². The second kappa shape index (κ2) is 5.67. The molecule has 2 saturated heterocycles. The molecule has 0 aliphatic carbocycles. The van der Waals surface area contributed by atoms with Crippen LogP contribution in [0, 0.1) is 11.8 Å². The monoisotopic (exact) mass is 254 g/mol. The number of urea groups is 1. The van der Waals surface area contributed by atoms with Crippen LogP contribution in [-0.2, 0) is 4.79 Å². The van der Waals surface area contributed by atoms with Gasteiger partial charge in [-0.2, -0.15) is 0 Å². The molecule has 6 heteroatoms. The van der Waals surface area contributed by atoms with Crippen LogP contribution in [0.5, 0.6) is 0 Å². The van der Waals surface area contributed by atoms with E-state index in [0.29, 0.717) is 24.9 Å². The zero-order valence-electron chi connectivity index (χ0n) is 10.9. The Labute approximate surface area is 107 Å². The Balaban J connectivity index is 1.80. The number of rotatable bonds is 4. The number of carbonyl (C=O) groups excluding carboxylic acids is 2. The van der Waals surface area contributed by atoms with Gasteiger partial charge in [-0.1, -0.05) is 6.92 Å². The molecule has 2 fully saturated rings. The summed E-state index contributed by atoms with van der Waals surface area (Å²) in [6.45, 7) is 6.33. The van der Waals surface area contributed by atoms with Crippen molar-refractivity contribution in [3.63, 3.8) is 0 Å². The Hall–Kier alpha value is -1.14. The van der Waals surface area contributed by atoms with Gasteiger partial charge in [0, 0.05) is 19.6 Å². The number of likely N-dealkylation sites (tertiary alicyclic amines) is 1. The highest BCUT2D eigenvalue weighted by atomic mass is 16.2. The highest BCUT2D eigenvalue weighted by Gasteiger charge is 2.30. The number of nitrogens with two attached hydrogens (primary N) is 1. The van der Waals surface area contributed by atoms with E-state index >= 15 is 0 Å². The molecule has 0 aromatic heterocycles. The maximum atomic E-state index is 11.4. The number of hydrogen-bond acceptors (Lipinski definition) is 4. The Kier molecular flexibility index (Phi) is 4.19. The number of hydrogen-bond donors (Lipinski definition) is 2. The van der Waals surface area contributed by atoms with E-state index in [0.717, 1.165) is 26.1 Å². The quantitative estimate of drug-likeness (QED) is 0.660. The fourth-order valence-electron chi connectivity index (χ4n) is 2.66. The molecule has 2 rings (SSSR count). The van der Waals surface area contributed by atoms with E-state index in [1.54, 1.807) is 0 Å². The molecule has 0 aromatic carbocycles. The Bertz CT molecular complexity index is 318. The number of nitrogens with one attached hydrogen (secondary N) is 1. The van der Waals surface area contributed by atoms with E-state index in [1.807, 2.05) is 0 Å². The van der Waals surface area contributed by atoms with Gasteiger partial charge >= 0.3 is 6.03 Å². The van der Waals surface area contributed by atoms with E-state index in [1.165, 1.54) is 4.90 Å². The number of amides is 3. The van der Waals surface area contributed by atoms with Gasteiger partial charge in [0.25, 0.3) is 0 Å². The first-order valence-corrected chi connectivity index (χ1v) is 6.62. The highest BCUT2D eigenvalue weighted by molar-refractivity contribution is 6.01. The van der Waals surface area contributed by atoms with Gasteiger partial charge in [0.2, 0.25) is 5.91 Å². The third kappa shape index (κ3) is 2.81. The molecule has 3 N–H and O–H groups in total. The molecular weight excluding hydrogens is 232 g/mol. The van der Waals surface area contributed by atoms with Gasteiger partial charge in [0.15, 0.2) is 0 Å². The summed E-state index contributed by atoms with van der Waals surface area (Å²) in [5.74, 6) is 1.07. The standard InChI is InChI=1S/C12H22N4O2/c1-9-2-3-15(8-10(9)6-13)4-5-16-11(17)7-14-12(16)18/h9-10H,2-8,13H2,1H3,(H,14,18). The van der Waals surface area contributed by atoms with E-state index < -0.39 is 0 Å². The molecule has 0 saturated carbocycles. The summed E-state index contributed by atoms with van der Waals surface area (Å²) < 4.78 is 0. The van der Waals surface area contributed by atoms with Crippen LogP contribution < -0.4 is 11.1 Å². The molecule has 2 unspecified atom stereocenters. The lowest BCUT2D eigenvalue weighted by Crippen LogP contribution is -2.46. The summed E-state index contributed by atoms with van der Waals surface area (Å²) in [6, 6.07) is -0.263. The topological polar surface area (TPSA) is 78.7 Å². The van der Waals surface area contributed by atoms with Gasteiger partial charge in [-0.3, -0.25) is 9.69 Å². The first kappa shape index (κ1) is 13.3. The van der Waals surface area contributed by atoms with Gasteiger partial charge < -0.3 is 16.0 Å². The van der Waals surface area contributed by atoms with Crippen molar-refractivity contribution in [2.45, 2.75) is 13.3 Å². The number of carbonyl (C=O) groups is 2. The number of imide groups is 1. The summed E-state index contributed by atoms with van der Waals surface area (Å²) in [6.07, 6.45) is 1.14. The zero-order valence-corrected chi connectivity index (χ0v) is 10.9. The van der Waals surface area contributed by atoms with Crippen molar-refractivity contribution in [2.75, 3.05) is 39.3 Å². The van der Waals surface area contributed by atoms with Crippen molar-refractivity contribution in [1.29, 1.82) is 0 Å². The molecule has 102 valence electrons. The minimum absolute atomic E-state index is 0.124. The lowest BCUT2D eigenvalue weighted by molar-refractivity contribution is -0.125. The Morgan fingerprint density at radius 2 is 2.17 bits per heavy atom. The second-order valence-corrected chi connectivity index (χ2v) is 5.27. The average Bonchev–Trinajstić information content (AvgIpc) is 2.68. The van der Waals surface area contributed by atoms with Crippen molar-refractivity contribution in [1.82, 2.24) is 15.1 Å². The molecule has 0 spiro atoms. The van der Waals surface area contributed by atoms with Gasteiger partial charge in [-0.25, -0.2) is 4.79 Å². The molecule has 2 aliphatic heterocycles. The molecule has 2 aliphatic rings. The van der Waals surface area contributed by atoms with Gasteiger partial charge in [-0.15, -0.1) is 0 Å². The minimum Gasteiger partial charge on any atom is -0.330 e. The molecule has 0 radical (unpaired) electrons. The third-order valence-electron chi connectivity index (χ3n) is 4.08. The largest absolute Gasteiger partial charge is 0.330 e. The predicted octanol–water partition coefficient (Wildman–Crippen LogP) is -0.545. The second-order valence-electron chi connectivity index (χ2n) is 5.27. The zero-order chi connectivity index (χ0) is 13.1. The van der Waals surface area contributed by atoms with Crippen LogP contribution in [0.3, 0.4) is 0 Å². The van der Waals surface area contributed by atoms with E-state index in [-0.39, 0.29) is 18.5 Å². The summed E-state index contributed by atoms with van der Waals surface area (Å²) in [7, 11) is 0. The third-order valence-corrected chi connectivity index (χ3v) is 4.08. The van der Waals surface area contributed by atoms with E-state index in [9.17, 15) is 9.59 Å². The first-order valence-electron chi connectivity index (χ1n) is 6.62. The average molecular weight is 254 g/mol. The predicted molar refractivity (Wildman–Crippen MR) is 67.9 cm³/mol. The lowest BCUT2D eigenvalue weighted by Gasteiger charge is -2.36. The van der Waals surface area contributed by atoms with Crippen LogP contribution in [0.2, 0.25) is 0 Å².